The van der Waals surface area contributed by atoms with Crippen LogP contribution in [0.25, 0.3) is 0 Å². The lowest BCUT2D eigenvalue weighted by atomic mass is 10.1. The second kappa shape index (κ2) is 6.76. The average Bonchev–Trinajstić information content (AvgIpc) is 3.07. The zero-order valence-electron chi connectivity index (χ0n) is 14.1. The Balaban J connectivity index is 1.96. The van der Waals surface area contributed by atoms with E-state index in [4.69, 9.17) is 28.9 Å². The van der Waals surface area contributed by atoms with Crippen LogP contribution in [-0.4, -0.2) is 26.3 Å². The van der Waals surface area contributed by atoms with Crippen LogP contribution in [-0.2, 0) is 6.54 Å². The highest BCUT2D eigenvalue weighted by Crippen LogP contribution is 2.40. The number of aryl methyl sites for hydroxylation is 1. The van der Waals surface area contributed by atoms with Crippen molar-refractivity contribution in [3.63, 3.8) is 0 Å². The summed E-state index contributed by atoms with van der Waals surface area (Å²) in [5.41, 5.74) is 7.71. The van der Waals surface area contributed by atoms with Crippen molar-refractivity contribution in [2.45, 2.75) is 46.2 Å². The van der Waals surface area contributed by atoms with Gasteiger partial charge in [0.05, 0.1) is 17.9 Å². The van der Waals surface area contributed by atoms with E-state index in [1.54, 1.807) is 6.20 Å². The zero-order chi connectivity index (χ0) is 17.4. The Morgan fingerprint density at radius 1 is 1.38 bits per heavy atom. The molecule has 2 aromatic rings. The normalized spacial score (nSPS) is 17.9. The van der Waals surface area contributed by atoms with Crippen molar-refractivity contribution in [3.05, 3.63) is 27.8 Å². The van der Waals surface area contributed by atoms with Crippen LogP contribution >= 0.6 is 23.2 Å². The number of nitrogen functional groups attached to an aromatic ring is 1. The second-order valence-electron chi connectivity index (χ2n) is 6.62. The second-order valence-corrected chi connectivity index (χ2v) is 7.34. The molecule has 0 aliphatic carbocycles. The molecule has 0 radical (unpaired) electrons. The van der Waals surface area contributed by atoms with E-state index in [9.17, 15) is 0 Å². The lowest BCUT2D eigenvalue weighted by Crippen LogP contribution is -2.24. The molecular weight excluding hydrogens is 347 g/mol. The van der Waals surface area contributed by atoms with Gasteiger partial charge < -0.3 is 10.6 Å². The Bertz CT molecular complexity index is 742. The van der Waals surface area contributed by atoms with Gasteiger partial charge in [0.2, 0.25) is 0 Å². The van der Waals surface area contributed by atoms with Crippen molar-refractivity contribution in [2.24, 2.45) is 5.92 Å². The minimum absolute atomic E-state index is 0.132. The predicted octanol–water partition coefficient (Wildman–Crippen LogP) is 3.87. The molecule has 8 heteroatoms. The number of hydrogen-bond donors (Lipinski definition) is 1. The van der Waals surface area contributed by atoms with Crippen molar-refractivity contribution < 1.29 is 0 Å². The summed E-state index contributed by atoms with van der Waals surface area (Å²) in [6, 6.07) is 0.132. The third-order valence-corrected chi connectivity index (χ3v) is 4.95. The molecule has 1 fully saturated rings. The number of rotatable bonds is 4. The van der Waals surface area contributed by atoms with E-state index >= 15 is 0 Å². The molecule has 1 unspecified atom stereocenters. The van der Waals surface area contributed by atoms with E-state index < -0.39 is 0 Å². The molecule has 0 saturated carbocycles. The van der Waals surface area contributed by atoms with Crippen LogP contribution in [0.4, 0.5) is 11.6 Å². The maximum Gasteiger partial charge on any atom is 0.173 e. The zero-order valence-corrected chi connectivity index (χ0v) is 15.6. The predicted molar refractivity (Wildman–Crippen MR) is 97.6 cm³/mol. The highest BCUT2D eigenvalue weighted by atomic mass is 35.5. The van der Waals surface area contributed by atoms with Crippen molar-refractivity contribution in [1.29, 1.82) is 0 Å². The van der Waals surface area contributed by atoms with Gasteiger partial charge in [0.1, 0.15) is 11.0 Å². The van der Waals surface area contributed by atoms with E-state index in [2.05, 4.69) is 33.8 Å². The van der Waals surface area contributed by atoms with Gasteiger partial charge in [-0.05, 0) is 25.7 Å². The Morgan fingerprint density at radius 2 is 2.12 bits per heavy atom. The van der Waals surface area contributed by atoms with Crippen LogP contribution < -0.4 is 10.6 Å². The molecular formula is C16H22Cl2N6. The fourth-order valence-electron chi connectivity index (χ4n) is 3.26. The SMILES string of the molecule is Cc1nn(CC(C)C)c(Cl)c1C1CCCN1c1cnc(N)c(Cl)n1. The highest BCUT2D eigenvalue weighted by molar-refractivity contribution is 6.31. The monoisotopic (exact) mass is 368 g/mol. The quantitative estimate of drug-likeness (QED) is 0.886. The van der Waals surface area contributed by atoms with Crippen LogP contribution in [0.15, 0.2) is 6.20 Å². The molecule has 3 rings (SSSR count). The summed E-state index contributed by atoms with van der Waals surface area (Å²) in [4.78, 5) is 10.7. The molecule has 0 bridgehead atoms. The first-order valence-electron chi connectivity index (χ1n) is 8.16. The first-order valence-corrected chi connectivity index (χ1v) is 8.91. The Morgan fingerprint density at radius 3 is 2.79 bits per heavy atom. The van der Waals surface area contributed by atoms with Gasteiger partial charge in [-0.25, -0.2) is 9.97 Å². The fourth-order valence-corrected chi connectivity index (χ4v) is 3.76. The van der Waals surface area contributed by atoms with E-state index in [1.165, 1.54) is 0 Å². The largest absolute Gasteiger partial charge is 0.381 e. The molecule has 24 heavy (non-hydrogen) atoms. The molecule has 0 amide bonds. The molecule has 0 spiro atoms. The number of halogens is 2. The number of nitrogens with zero attached hydrogens (tertiary/aromatic N) is 5. The van der Waals surface area contributed by atoms with Gasteiger partial charge in [0, 0.05) is 18.7 Å². The van der Waals surface area contributed by atoms with Gasteiger partial charge in [0.15, 0.2) is 11.0 Å². The Kier molecular flexibility index (Phi) is 4.88. The summed E-state index contributed by atoms with van der Waals surface area (Å²) in [6.45, 7) is 8.00. The number of nitrogens with two attached hydrogens (primary N) is 1. The minimum atomic E-state index is 0.132. The number of anilines is 2. The smallest absolute Gasteiger partial charge is 0.173 e. The summed E-state index contributed by atoms with van der Waals surface area (Å²) < 4.78 is 1.90. The van der Waals surface area contributed by atoms with Gasteiger partial charge >= 0.3 is 0 Å². The molecule has 130 valence electrons. The molecule has 1 aliphatic heterocycles. The van der Waals surface area contributed by atoms with Gasteiger partial charge in [-0.15, -0.1) is 0 Å². The number of aromatic nitrogens is 4. The number of hydrogen-bond acceptors (Lipinski definition) is 5. The van der Waals surface area contributed by atoms with Crippen molar-refractivity contribution in [3.8, 4) is 0 Å². The average molecular weight is 369 g/mol. The third kappa shape index (κ3) is 3.17. The summed E-state index contributed by atoms with van der Waals surface area (Å²) in [6.07, 6.45) is 3.72. The molecule has 1 aliphatic rings. The summed E-state index contributed by atoms with van der Waals surface area (Å²) >= 11 is 12.7. The van der Waals surface area contributed by atoms with Crippen LogP contribution in [0, 0.1) is 12.8 Å². The van der Waals surface area contributed by atoms with Crippen molar-refractivity contribution in [1.82, 2.24) is 19.7 Å². The molecule has 2 aromatic heterocycles. The van der Waals surface area contributed by atoms with Crippen LogP contribution in [0.3, 0.4) is 0 Å². The molecule has 0 aromatic carbocycles. The van der Waals surface area contributed by atoms with Crippen LogP contribution in [0.5, 0.6) is 0 Å². The van der Waals surface area contributed by atoms with Crippen molar-refractivity contribution in [2.75, 3.05) is 17.2 Å². The van der Waals surface area contributed by atoms with Crippen LogP contribution in [0.2, 0.25) is 10.3 Å². The summed E-state index contributed by atoms with van der Waals surface area (Å²) in [5, 5.41) is 5.58. The molecule has 1 saturated heterocycles. The van der Waals surface area contributed by atoms with E-state index in [0.717, 1.165) is 43.0 Å². The van der Waals surface area contributed by atoms with Gasteiger partial charge in [-0.1, -0.05) is 37.0 Å². The van der Waals surface area contributed by atoms with Gasteiger partial charge in [0.25, 0.3) is 0 Å². The summed E-state index contributed by atoms with van der Waals surface area (Å²) in [7, 11) is 0. The molecule has 6 nitrogen and oxygen atoms in total. The first-order chi connectivity index (χ1) is 11.4. The topological polar surface area (TPSA) is 72.9 Å². The molecule has 3 heterocycles. The van der Waals surface area contributed by atoms with Crippen LogP contribution in [0.1, 0.15) is 44.0 Å². The standard InChI is InChI=1S/C16H22Cl2N6/c1-9(2)8-24-15(18)13(10(3)22-24)11-5-4-6-23(11)12-7-20-16(19)14(17)21-12/h7,9,11H,4-6,8H2,1-3H3,(H2,19,20). The van der Waals surface area contributed by atoms with Gasteiger partial charge in [-0.3, -0.25) is 4.68 Å². The minimum Gasteiger partial charge on any atom is -0.381 e. The van der Waals surface area contributed by atoms with E-state index in [0.29, 0.717) is 11.1 Å². The molecule has 2 N–H and O–H groups in total. The third-order valence-electron chi connectivity index (χ3n) is 4.27. The highest BCUT2D eigenvalue weighted by Gasteiger charge is 2.32. The van der Waals surface area contributed by atoms with E-state index in [-0.39, 0.29) is 17.0 Å². The van der Waals surface area contributed by atoms with Crippen molar-refractivity contribution >= 4 is 34.8 Å². The lowest BCUT2D eigenvalue weighted by Gasteiger charge is -2.26. The molecule has 1 atom stereocenters. The Labute approximate surface area is 152 Å². The Hall–Kier alpha value is -1.53. The maximum atomic E-state index is 6.65. The van der Waals surface area contributed by atoms with E-state index in [1.807, 2.05) is 11.6 Å². The lowest BCUT2D eigenvalue weighted by molar-refractivity contribution is 0.481. The maximum absolute atomic E-state index is 6.65. The fraction of sp³-hybridized carbons (Fsp3) is 0.562. The first kappa shape index (κ1) is 17.3. The summed E-state index contributed by atoms with van der Waals surface area (Å²) in [5.74, 6) is 1.45. The van der Waals surface area contributed by atoms with Gasteiger partial charge in [-0.2, -0.15) is 5.10 Å².